The van der Waals surface area contributed by atoms with E-state index in [0.29, 0.717) is 0 Å². The molecule has 1 aromatic carbocycles. The fourth-order valence-electron chi connectivity index (χ4n) is 1.19. The molecule has 0 atom stereocenters. The third kappa shape index (κ3) is 2.82. The topological polar surface area (TPSA) is 49.3 Å². The van der Waals surface area contributed by atoms with Gasteiger partial charge in [0.25, 0.3) is 0 Å². The van der Waals surface area contributed by atoms with Crippen molar-refractivity contribution in [2.24, 2.45) is 0 Å². The molecule has 0 radical (unpaired) electrons. The molecule has 0 heterocycles. The van der Waals surface area contributed by atoms with Crippen LogP contribution in [0.5, 0.6) is 5.75 Å². The summed E-state index contributed by atoms with van der Waals surface area (Å²) in [4.78, 5) is 10.8. The molecule has 0 fully saturated rings. The first kappa shape index (κ1) is 13.6. The van der Waals surface area contributed by atoms with E-state index in [1.165, 1.54) is 19.9 Å². The molecule has 0 aliphatic carbocycles. The molecule has 7 heteroatoms. The van der Waals surface area contributed by atoms with Gasteiger partial charge in [0.1, 0.15) is 5.75 Å². The molecule has 94 valence electrons. The van der Waals surface area contributed by atoms with Gasteiger partial charge in [0.05, 0.1) is 5.02 Å². The van der Waals surface area contributed by atoms with Crippen LogP contribution in [0.15, 0.2) is 6.07 Å². The number of anilines is 1. The van der Waals surface area contributed by atoms with Gasteiger partial charge in [-0.15, -0.1) is 0 Å². The van der Waals surface area contributed by atoms with Crippen molar-refractivity contribution in [2.75, 3.05) is 5.32 Å². The largest absolute Gasteiger partial charge is 0.506 e. The van der Waals surface area contributed by atoms with Crippen molar-refractivity contribution in [1.82, 2.24) is 0 Å². The Morgan fingerprint density at radius 1 is 1.41 bits per heavy atom. The van der Waals surface area contributed by atoms with Gasteiger partial charge < -0.3 is 10.4 Å². The lowest BCUT2D eigenvalue weighted by molar-refractivity contribution is -0.167. The Kier molecular flexibility index (Phi) is 3.56. The van der Waals surface area contributed by atoms with Gasteiger partial charge in [0.15, 0.2) is 0 Å². The number of carbonyl (C=O) groups is 1. The van der Waals surface area contributed by atoms with Gasteiger partial charge in [0, 0.05) is 5.69 Å². The van der Waals surface area contributed by atoms with Crippen LogP contribution in [-0.4, -0.2) is 17.2 Å². The van der Waals surface area contributed by atoms with Crippen LogP contribution in [0.4, 0.5) is 18.9 Å². The predicted octanol–water partition coefficient (Wildman–Crippen LogP) is 3.16. The second kappa shape index (κ2) is 4.44. The fourth-order valence-corrected chi connectivity index (χ4v) is 1.44. The summed E-state index contributed by atoms with van der Waals surface area (Å²) in [5.41, 5.74) is 0.373. The first-order valence-electron chi connectivity index (χ1n) is 4.51. The number of hydrogen-bond acceptors (Lipinski definition) is 2. The SMILES string of the molecule is Cc1cc(NC(=O)C(F)(F)F)c(C)c(Cl)c1O. The summed E-state index contributed by atoms with van der Waals surface area (Å²) in [6.07, 6.45) is -4.97. The van der Waals surface area contributed by atoms with E-state index in [1.54, 1.807) is 5.32 Å². The van der Waals surface area contributed by atoms with Crippen LogP contribution in [-0.2, 0) is 4.79 Å². The number of nitrogens with one attached hydrogen (secondary N) is 1. The molecule has 0 aliphatic rings. The van der Waals surface area contributed by atoms with Gasteiger partial charge in [-0.05, 0) is 31.0 Å². The average molecular weight is 268 g/mol. The van der Waals surface area contributed by atoms with E-state index >= 15 is 0 Å². The number of rotatable bonds is 1. The summed E-state index contributed by atoms with van der Waals surface area (Å²) in [6.45, 7) is 2.86. The van der Waals surface area contributed by atoms with Gasteiger partial charge in [0.2, 0.25) is 0 Å². The van der Waals surface area contributed by atoms with Gasteiger partial charge >= 0.3 is 12.1 Å². The minimum absolute atomic E-state index is 0.0763. The second-order valence-corrected chi connectivity index (χ2v) is 3.86. The molecule has 3 nitrogen and oxygen atoms in total. The number of alkyl halides is 3. The number of carbonyl (C=O) groups excluding carboxylic acids is 1. The summed E-state index contributed by atoms with van der Waals surface area (Å²) in [5, 5.41) is 11.1. The van der Waals surface area contributed by atoms with Gasteiger partial charge in [-0.2, -0.15) is 13.2 Å². The van der Waals surface area contributed by atoms with Gasteiger partial charge in [-0.3, -0.25) is 4.79 Å². The van der Waals surface area contributed by atoms with Crippen molar-refractivity contribution in [3.63, 3.8) is 0 Å². The van der Waals surface area contributed by atoms with E-state index in [1.807, 2.05) is 0 Å². The molecule has 2 N–H and O–H groups in total. The number of aromatic hydroxyl groups is 1. The van der Waals surface area contributed by atoms with Crippen LogP contribution in [0.3, 0.4) is 0 Å². The summed E-state index contributed by atoms with van der Waals surface area (Å²) in [5.74, 6) is -2.30. The second-order valence-electron chi connectivity index (χ2n) is 3.48. The zero-order valence-corrected chi connectivity index (χ0v) is 9.70. The van der Waals surface area contributed by atoms with Crippen molar-refractivity contribution >= 4 is 23.2 Å². The third-order valence-corrected chi connectivity index (χ3v) is 2.64. The maximum absolute atomic E-state index is 12.1. The van der Waals surface area contributed by atoms with Crippen LogP contribution in [0.1, 0.15) is 11.1 Å². The van der Waals surface area contributed by atoms with Crippen LogP contribution in [0.25, 0.3) is 0 Å². The van der Waals surface area contributed by atoms with Gasteiger partial charge in [-0.25, -0.2) is 0 Å². The Balaban J connectivity index is 3.13. The number of phenolic OH excluding ortho intramolecular Hbond substituents is 1. The number of halogens is 4. The minimum atomic E-state index is -4.97. The highest BCUT2D eigenvalue weighted by Crippen LogP contribution is 2.35. The van der Waals surface area contributed by atoms with E-state index in [9.17, 15) is 23.1 Å². The Bertz CT molecular complexity index is 472. The van der Waals surface area contributed by atoms with Crippen molar-refractivity contribution < 1.29 is 23.1 Å². The maximum Gasteiger partial charge on any atom is 0.471 e. The number of aryl methyl sites for hydroxylation is 1. The quantitative estimate of drug-likeness (QED) is 0.768. The lowest BCUT2D eigenvalue weighted by Gasteiger charge is -2.13. The summed E-state index contributed by atoms with van der Waals surface area (Å²) in [7, 11) is 0. The smallest absolute Gasteiger partial charge is 0.471 e. The molecule has 0 unspecified atom stereocenters. The molecule has 1 aromatic rings. The number of benzene rings is 1. The van der Waals surface area contributed by atoms with Crippen LogP contribution >= 0.6 is 11.6 Å². The van der Waals surface area contributed by atoms with Crippen molar-refractivity contribution in [2.45, 2.75) is 20.0 Å². The highest BCUT2D eigenvalue weighted by molar-refractivity contribution is 6.33. The Morgan fingerprint density at radius 2 is 1.94 bits per heavy atom. The lowest BCUT2D eigenvalue weighted by Crippen LogP contribution is -2.30. The Hall–Kier alpha value is -1.43. The molecule has 1 rings (SSSR count). The standard InChI is InChI=1S/C10H9ClF3NO2/c1-4-3-6(5(2)7(11)8(4)16)15-9(17)10(12,13)14/h3,16H,1-2H3,(H,15,17). The first-order chi connectivity index (χ1) is 7.64. The van der Waals surface area contributed by atoms with E-state index in [-0.39, 0.29) is 27.6 Å². The van der Waals surface area contributed by atoms with Crippen LogP contribution < -0.4 is 5.32 Å². The third-order valence-electron chi connectivity index (χ3n) is 2.18. The highest BCUT2D eigenvalue weighted by atomic mass is 35.5. The molecular formula is C10H9ClF3NO2. The molecular weight excluding hydrogens is 259 g/mol. The Labute approximate surface area is 100 Å². The monoisotopic (exact) mass is 267 g/mol. The molecule has 0 aliphatic heterocycles. The molecule has 1 amide bonds. The lowest BCUT2D eigenvalue weighted by atomic mass is 10.1. The van der Waals surface area contributed by atoms with E-state index in [2.05, 4.69) is 0 Å². The van der Waals surface area contributed by atoms with Crippen molar-refractivity contribution in [1.29, 1.82) is 0 Å². The number of amides is 1. The number of hydrogen-bond donors (Lipinski definition) is 2. The van der Waals surface area contributed by atoms with Gasteiger partial charge in [-0.1, -0.05) is 11.6 Å². The first-order valence-corrected chi connectivity index (χ1v) is 4.89. The molecule has 0 bridgehead atoms. The van der Waals surface area contributed by atoms with Crippen LogP contribution in [0, 0.1) is 13.8 Å². The molecule has 0 saturated heterocycles. The normalized spacial score (nSPS) is 11.4. The highest BCUT2D eigenvalue weighted by Gasteiger charge is 2.39. The van der Waals surface area contributed by atoms with E-state index in [0.717, 1.165) is 0 Å². The summed E-state index contributed by atoms with van der Waals surface area (Å²) < 4.78 is 36.2. The predicted molar refractivity (Wildman–Crippen MR) is 57.3 cm³/mol. The fraction of sp³-hybridized carbons (Fsp3) is 0.300. The van der Waals surface area contributed by atoms with Crippen LogP contribution in [0.2, 0.25) is 5.02 Å². The number of phenols is 1. The summed E-state index contributed by atoms with van der Waals surface area (Å²) in [6, 6.07) is 1.22. The zero-order valence-electron chi connectivity index (χ0n) is 8.94. The zero-order chi connectivity index (χ0) is 13.4. The van der Waals surface area contributed by atoms with Crippen molar-refractivity contribution in [3.05, 3.63) is 22.2 Å². The molecule has 0 aromatic heterocycles. The summed E-state index contributed by atoms with van der Waals surface area (Å²) >= 11 is 5.70. The molecule has 0 spiro atoms. The maximum atomic E-state index is 12.1. The van der Waals surface area contributed by atoms with E-state index < -0.39 is 12.1 Å². The minimum Gasteiger partial charge on any atom is -0.506 e. The average Bonchev–Trinajstić information content (AvgIpc) is 2.21. The van der Waals surface area contributed by atoms with Crippen molar-refractivity contribution in [3.8, 4) is 5.75 Å². The Morgan fingerprint density at radius 3 is 2.41 bits per heavy atom. The van der Waals surface area contributed by atoms with E-state index in [4.69, 9.17) is 11.6 Å². The molecule has 0 saturated carbocycles. The molecule has 17 heavy (non-hydrogen) atoms.